The topological polar surface area (TPSA) is 104 Å². The standard InChI is InChI=1S/C21H19N5O2S/c1-12-19(28)17(15(11-27)9-22-12)10-23-26-20-16-8-18(14-6-4-3-5-7-14)29-21(16)25-13(2)24-20/h3-10,27-28H,11H2,1-2H3,(H,24,25,26)/b23-10+. The fourth-order valence-electron chi connectivity index (χ4n) is 2.94. The van der Waals surface area contributed by atoms with E-state index in [0.29, 0.717) is 28.5 Å². The summed E-state index contributed by atoms with van der Waals surface area (Å²) in [6, 6.07) is 12.1. The Kier molecular flexibility index (Phi) is 5.20. The minimum atomic E-state index is -0.246. The number of aromatic hydroxyl groups is 1. The van der Waals surface area contributed by atoms with Crippen molar-refractivity contribution in [3.05, 3.63) is 65.2 Å². The number of nitrogens with zero attached hydrogens (tertiary/aromatic N) is 4. The summed E-state index contributed by atoms with van der Waals surface area (Å²) in [6.07, 6.45) is 2.98. The third kappa shape index (κ3) is 3.80. The summed E-state index contributed by atoms with van der Waals surface area (Å²) in [5, 5.41) is 24.8. The van der Waals surface area contributed by atoms with E-state index in [4.69, 9.17) is 0 Å². The van der Waals surface area contributed by atoms with Crippen molar-refractivity contribution >= 4 is 33.6 Å². The van der Waals surface area contributed by atoms with Gasteiger partial charge in [0, 0.05) is 22.2 Å². The molecule has 3 heterocycles. The lowest BCUT2D eigenvalue weighted by atomic mass is 10.1. The molecule has 0 atom stereocenters. The van der Waals surface area contributed by atoms with Gasteiger partial charge in [-0.1, -0.05) is 30.3 Å². The maximum Gasteiger partial charge on any atom is 0.158 e. The maximum atomic E-state index is 10.2. The van der Waals surface area contributed by atoms with Crippen LogP contribution in [0.25, 0.3) is 20.7 Å². The van der Waals surface area contributed by atoms with E-state index < -0.39 is 0 Å². The molecule has 146 valence electrons. The zero-order valence-electron chi connectivity index (χ0n) is 15.9. The predicted octanol–water partition coefficient (Wildman–Crippen LogP) is 4.01. The van der Waals surface area contributed by atoms with Gasteiger partial charge in [-0.15, -0.1) is 11.3 Å². The molecule has 0 aliphatic carbocycles. The number of thiophene rings is 1. The van der Waals surface area contributed by atoms with Crippen LogP contribution >= 0.6 is 11.3 Å². The maximum absolute atomic E-state index is 10.2. The average molecular weight is 405 g/mol. The Hall–Kier alpha value is -3.36. The van der Waals surface area contributed by atoms with Gasteiger partial charge in [-0.25, -0.2) is 9.97 Å². The Labute approximate surface area is 171 Å². The number of hydrogen-bond donors (Lipinski definition) is 3. The van der Waals surface area contributed by atoms with Crippen LogP contribution in [0.2, 0.25) is 0 Å². The lowest BCUT2D eigenvalue weighted by molar-refractivity contribution is 0.280. The molecule has 0 bridgehead atoms. The third-order valence-corrected chi connectivity index (χ3v) is 5.53. The van der Waals surface area contributed by atoms with Crippen LogP contribution in [0.3, 0.4) is 0 Å². The summed E-state index contributed by atoms with van der Waals surface area (Å²) < 4.78 is 0. The normalized spacial score (nSPS) is 11.4. The quantitative estimate of drug-likeness (QED) is 0.342. The number of aliphatic hydroxyl groups excluding tert-OH is 1. The first kappa shape index (κ1) is 19.0. The molecule has 4 rings (SSSR count). The van der Waals surface area contributed by atoms with Crippen molar-refractivity contribution in [2.75, 3.05) is 5.43 Å². The molecule has 0 unspecified atom stereocenters. The highest BCUT2D eigenvalue weighted by atomic mass is 32.1. The van der Waals surface area contributed by atoms with E-state index in [-0.39, 0.29) is 12.4 Å². The van der Waals surface area contributed by atoms with Crippen molar-refractivity contribution < 1.29 is 10.2 Å². The van der Waals surface area contributed by atoms with Crippen molar-refractivity contribution in [3.63, 3.8) is 0 Å². The molecule has 0 aliphatic heterocycles. The summed E-state index contributed by atoms with van der Waals surface area (Å²) in [6.45, 7) is 3.28. The summed E-state index contributed by atoms with van der Waals surface area (Å²) in [7, 11) is 0. The van der Waals surface area contributed by atoms with Gasteiger partial charge in [0.15, 0.2) is 5.82 Å². The highest BCUT2D eigenvalue weighted by molar-refractivity contribution is 7.21. The number of hydrogen-bond acceptors (Lipinski definition) is 8. The predicted molar refractivity (Wildman–Crippen MR) is 115 cm³/mol. The first-order valence-electron chi connectivity index (χ1n) is 8.98. The molecular weight excluding hydrogens is 386 g/mol. The van der Waals surface area contributed by atoms with Gasteiger partial charge in [0.25, 0.3) is 0 Å². The Bertz CT molecular complexity index is 1200. The van der Waals surface area contributed by atoms with E-state index in [2.05, 4.69) is 37.6 Å². The van der Waals surface area contributed by atoms with Crippen molar-refractivity contribution in [1.29, 1.82) is 0 Å². The minimum absolute atomic E-state index is 0.00647. The molecule has 0 amide bonds. The van der Waals surface area contributed by atoms with Crippen molar-refractivity contribution in [2.24, 2.45) is 5.10 Å². The first-order chi connectivity index (χ1) is 14.1. The largest absolute Gasteiger partial charge is 0.505 e. The minimum Gasteiger partial charge on any atom is -0.505 e. The number of aromatic nitrogens is 3. The number of nitrogens with one attached hydrogen (secondary N) is 1. The van der Waals surface area contributed by atoms with E-state index >= 15 is 0 Å². The zero-order chi connectivity index (χ0) is 20.4. The van der Waals surface area contributed by atoms with E-state index in [1.807, 2.05) is 31.2 Å². The molecule has 0 spiro atoms. The van der Waals surface area contributed by atoms with Crippen LogP contribution in [0.1, 0.15) is 22.6 Å². The van der Waals surface area contributed by atoms with E-state index in [1.165, 1.54) is 12.4 Å². The Morgan fingerprint density at radius 2 is 1.97 bits per heavy atom. The van der Waals surface area contributed by atoms with Gasteiger partial charge in [0.1, 0.15) is 16.4 Å². The molecule has 0 aliphatic rings. The molecule has 0 saturated carbocycles. The Morgan fingerprint density at radius 3 is 2.72 bits per heavy atom. The van der Waals surface area contributed by atoms with E-state index in [9.17, 15) is 10.2 Å². The Balaban J connectivity index is 1.69. The molecule has 0 saturated heterocycles. The fraction of sp³-hybridized carbons (Fsp3) is 0.143. The van der Waals surface area contributed by atoms with E-state index in [0.717, 1.165) is 20.7 Å². The third-order valence-electron chi connectivity index (χ3n) is 4.46. The van der Waals surface area contributed by atoms with Crippen molar-refractivity contribution in [2.45, 2.75) is 20.5 Å². The molecule has 3 aromatic heterocycles. The van der Waals surface area contributed by atoms with Crippen LogP contribution in [-0.4, -0.2) is 31.4 Å². The fourth-order valence-corrected chi connectivity index (χ4v) is 4.02. The lowest BCUT2D eigenvalue weighted by Gasteiger charge is -2.07. The van der Waals surface area contributed by atoms with Gasteiger partial charge < -0.3 is 10.2 Å². The van der Waals surface area contributed by atoms with Gasteiger partial charge in [-0.05, 0) is 25.5 Å². The molecule has 29 heavy (non-hydrogen) atoms. The van der Waals surface area contributed by atoms with Crippen LogP contribution in [-0.2, 0) is 6.61 Å². The summed E-state index contributed by atoms with van der Waals surface area (Å²) >= 11 is 1.59. The van der Waals surface area contributed by atoms with Crippen LogP contribution in [0, 0.1) is 13.8 Å². The number of hydrazone groups is 1. The molecule has 3 N–H and O–H groups in total. The lowest BCUT2D eigenvalue weighted by Crippen LogP contribution is -2.01. The zero-order valence-corrected chi connectivity index (χ0v) is 16.7. The van der Waals surface area contributed by atoms with Crippen LogP contribution in [0.15, 0.2) is 47.7 Å². The van der Waals surface area contributed by atoms with Crippen molar-refractivity contribution in [3.8, 4) is 16.2 Å². The number of aryl methyl sites for hydroxylation is 2. The number of benzene rings is 1. The van der Waals surface area contributed by atoms with Crippen molar-refractivity contribution in [1.82, 2.24) is 15.0 Å². The second-order valence-corrected chi connectivity index (χ2v) is 7.50. The van der Waals surface area contributed by atoms with Gasteiger partial charge >= 0.3 is 0 Å². The molecule has 1 aromatic carbocycles. The number of fused-ring (bicyclic) bond motifs is 1. The molecule has 8 heteroatoms. The molecule has 4 aromatic rings. The monoisotopic (exact) mass is 405 g/mol. The second kappa shape index (κ2) is 7.94. The summed E-state index contributed by atoms with van der Waals surface area (Å²) in [4.78, 5) is 15.0. The van der Waals surface area contributed by atoms with Gasteiger partial charge in [-0.2, -0.15) is 5.10 Å². The molecule has 7 nitrogen and oxygen atoms in total. The number of rotatable bonds is 5. The highest BCUT2D eigenvalue weighted by Crippen LogP contribution is 2.35. The second-order valence-electron chi connectivity index (χ2n) is 6.47. The van der Waals surface area contributed by atoms with Gasteiger partial charge in [-0.3, -0.25) is 10.4 Å². The number of pyridine rings is 1. The Morgan fingerprint density at radius 1 is 1.17 bits per heavy atom. The van der Waals surface area contributed by atoms with Gasteiger partial charge in [0.05, 0.1) is 23.9 Å². The van der Waals surface area contributed by atoms with E-state index in [1.54, 1.807) is 18.3 Å². The molecular formula is C21H19N5O2S. The number of anilines is 1. The summed E-state index contributed by atoms with van der Waals surface area (Å²) in [5.74, 6) is 1.21. The SMILES string of the molecule is Cc1nc(N/N=C/c2c(CO)cnc(C)c2O)c2cc(-c3ccccc3)sc2n1. The smallest absolute Gasteiger partial charge is 0.158 e. The number of aliphatic hydroxyl groups is 1. The van der Waals surface area contributed by atoms with Crippen LogP contribution in [0.4, 0.5) is 5.82 Å². The van der Waals surface area contributed by atoms with Crippen LogP contribution in [0.5, 0.6) is 5.75 Å². The first-order valence-corrected chi connectivity index (χ1v) is 9.79. The average Bonchev–Trinajstić information content (AvgIpc) is 3.16. The van der Waals surface area contributed by atoms with Gasteiger partial charge in [0.2, 0.25) is 0 Å². The molecule has 0 radical (unpaired) electrons. The highest BCUT2D eigenvalue weighted by Gasteiger charge is 2.12. The molecule has 0 fully saturated rings. The summed E-state index contributed by atoms with van der Waals surface area (Å²) in [5.41, 5.74) is 5.45. The van der Waals surface area contributed by atoms with Crippen LogP contribution < -0.4 is 5.43 Å².